The van der Waals surface area contributed by atoms with E-state index in [9.17, 15) is 13.2 Å². The molecule has 164 valence electrons. The zero-order chi connectivity index (χ0) is 22.2. The van der Waals surface area contributed by atoms with Crippen molar-refractivity contribution < 1.29 is 22.7 Å². The first kappa shape index (κ1) is 21.8. The number of carbonyl (C=O) groups excluding carboxylic acids is 1. The van der Waals surface area contributed by atoms with Crippen LogP contribution in [0.2, 0.25) is 5.02 Å². The van der Waals surface area contributed by atoms with Crippen LogP contribution in [0, 0.1) is 0 Å². The molecule has 8 nitrogen and oxygen atoms in total. The van der Waals surface area contributed by atoms with Crippen molar-refractivity contribution >= 4 is 33.2 Å². The van der Waals surface area contributed by atoms with Crippen LogP contribution in [0.3, 0.4) is 0 Å². The van der Waals surface area contributed by atoms with Crippen molar-refractivity contribution in [2.24, 2.45) is 0 Å². The van der Waals surface area contributed by atoms with Crippen LogP contribution in [0.1, 0.15) is 29.9 Å². The number of hydrogen-bond donors (Lipinski definition) is 0. The molecule has 2 aromatic heterocycles. The van der Waals surface area contributed by atoms with Gasteiger partial charge < -0.3 is 13.9 Å². The van der Waals surface area contributed by atoms with Crippen LogP contribution in [0.25, 0.3) is 5.65 Å². The van der Waals surface area contributed by atoms with Crippen molar-refractivity contribution in [2.45, 2.75) is 37.6 Å². The second-order valence-corrected chi connectivity index (χ2v) is 9.90. The molecule has 3 aromatic rings. The summed E-state index contributed by atoms with van der Waals surface area (Å²) in [5, 5.41) is 0.574. The first-order valence-corrected chi connectivity index (χ1v) is 11.6. The highest BCUT2D eigenvalue weighted by Gasteiger charge is 2.32. The number of sulfonamides is 1. The molecule has 2 atom stereocenters. The Morgan fingerprint density at radius 1 is 1.13 bits per heavy atom. The Bertz CT molecular complexity index is 1200. The Labute approximate surface area is 185 Å². The molecule has 1 aliphatic rings. The minimum atomic E-state index is -3.67. The van der Waals surface area contributed by atoms with Gasteiger partial charge in [-0.05, 0) is 50.2 Å². The van der Waals surface area contributed by atoms with Gasteiger partial charge in [-0.2, -0.15) is 4.31 Å². The monoisotopic (exact) mass is 463 g/mol. The van der Waals surface area contributed by atoms with Crippen molar-refractivity contribution in [1.29, 1.82) is 0 Å². The van der Waals surface area contributed by atoms with Crippen LogP contribution in [-0.2, 0) is 26.1 Å². The molecule has 1 fully saturated rings. The molecule has 1 aliphatic heterocycles. The van der Waals surface area contributed by atoms with Gasteiger partial charge in [0.15, 0.2) is 0 Å². The SMILES string of the molecule is C[C@H]1CN(S(=O)(=O)c2ccc(C(=O)OCc3cn4cc(Cl)ccc4n3)cc2)C[C@H](C)O1. The Kier molecular flexibility index (Phi) is 6.02. The third-order valence-electron chi connectivity index (χ3n) is 4.93. The number of carbonyl (C=O) groups is 1. The summed E-state index contributed by atoms with van der Waals surface area (Å²) >= 11 is 5.96. The number of fused-ring (bicyclic) bond motifs is 1. The van der Waals surface area contributed by atoms with E-state index >= 15 is 0 Å². The summed E-state index contributed by atoms with van der Waals surface area (Å²) in [6, 6.07) is 9.24. The van der Waals surface area contributed by atoms with Crippen LogP contribution in [0.15, 0.2) is 53.7 Å². The number of hydrogen-bond acceptors (Lipinski definition) is 6. The molecule has 0 radical (unpaired) electrons. The van der Waals surface area contributed by atoms with Crippen LogP contribution in [-0.4, -0.2) is 53.4 Å². The van der Waals surface area contributed by atoms with E-state index in [2.05, 4.69) is 4.98 Å². The molecule has 1 aromatic carbocycles. The zero-order valence-corrected chi connectivity index (χ0v) is 18.6. The summed E-state index contributed by atoms with van der Waals surface area (Å²) in [4.78, 5) is 16.9. The summed E-state index contributed by atoms with van der Waals surface area (Å²) < 4.78 is 39.9. The molecule has 0 spiro atoms. The highest BCUT2D eigenvalue weighted by molar-refractivity contribution is 7.89. The molecular weight excluding hydrogens is 442 g/mol. The summed E-state index contributed by atoms with van der Waals surface area (Å²) in [6.45, 7) is 4.26. The van der Waals surface area contributed by atoms with Gasteiger partial charge in [-0.25, -0.2) is 18.2 Å². The lowest BCUT2D eigenvalue weighted by molar-refractivity contribution is -0.0440. The summed E-state index contributed by atoms with van der Waals surface area (Å²) in [6.07, 6.45) is 3.09. The quantitative estimate of drug-likeness (QED) is 0.540. The van der Waals surface area contributed by atoms with Crippen molar-refractivity contribution in [3.05, 3.63) is 65.1 Å². The van der Waals surface area contributed by atoms with E-state index in [0.717, 1.165) is 0 Å². The number of rotatable bonds is 5. The number of nitrogens with zero attached hydrogens (tertiary/aromatic N) is 3. The normalized spacial score (nSPS) is 20.1. The van der Waals surface area contributed by atoms with Crippen molar-refractivity contribution in [1.82, 2.24) is 13.7 Å². The predicted octanol–water partition coefficient (Wildman–Crippen LogP) is 3.14. The fraction of sp³-hybridized carbons (Fsp3) is 0.333. The van der Waals surface area contributed by atoms with Gasteiger partial charge in [-0.15, -0.1) is 0 Å². The summed E-state index contributed by atoms with van der Waals surface area (Å²) in [5.41, 5.74) is 1.52. The average molecular weight is 464 g/mol. The standard InChI is InChI=1S/C21H22ClN3O5S/c1-14-9-25(10-15(2)30-14)31(27,28)19-6-3-16(4-7-19)21(26)29-13-18-12-24-11-17(22)5-8-20(24)23-18/h3-8,11-12,14-15H,9-10,13H2,1-2H3/t14-,15-/m0/s1. The lowest BCUT2D eigenvalue weighted by Gasteiger charge is -2.34. The molecule has 31 heavy (non-hydrogen) atoms. The number of benzene rings is 1. The Morgan fingerprint density at radius 2 is 1.81 bits per heavy atom. The van der Waals surface area contributed by atoms with E-state index in [1.54, 1.807) is 28.9 Å². The number of imidazole rings is 1. The largest absolute Gasteiger partial charge is 0.456 e. The maximum Gasteiger partial charge on any atom is 0.338 e. The lowest BCUT2D eigenvalue weighted by Crippen LogP contribution is -2.48. The minimum Gasteiger partial charge on any atom is -0.456 e. The lowest BCUT2D eigenvalue weighted by atomic mass is 10.2. The number of morpholine rings is 1. The molecule has 4 rings (SSSR count). The molecule has 0 saturated carbocycles. The second kappa shape index (κ2) is 8.58. The second-order valence-electron chi connectivity index (χ2n) is 7.52. The van der Waals surface area contributed by atoms with Crippen LogP contribution < -0.4 is 0 Å². The van der Waals surface area contributed by atoms with Gasteiger partial charge in [0.25, 0.3) is 0 Å². The average Bonchev–Trinajstić information content (AvgIpc) is 3.13. The van der Waals surface area contributed by atoms with E-state index in [1.165, 1.54) is 28.6 Å². The maximum atomic E-state index is 12.9. The van der Waals surface area contributed by atoms with Gasteiger partial charge >= 0.3 is 5.97 Å². The maximum absolute atomic E-state index is 12.9. The van der Waals surface area contributed by atoms with E-state index in [4.69, 9.17) is 21.1 Å². The highest BCUT2D eigenvalue weighted by Crippen LogP contribution is 2.22. The van der Waals surface area contributed by atoms with Gasteiger partial charge in [-0.3, -0.25) is 0 Å². The molecule has 3 heterocycles. The Morgan fingerprint density at radius 3 is 2.48 bits per heavy atom. The van der Waals surface area contributed by atoms with Gasteiger partial charge in [0.1, 0.15) is 12.3 Å². The van der Waals surface area contributed by atoms with Crippen molar-refractivity contribution in [3.63, 3.8) is 0 Å². The highest BCUT2D eigenvalue weighted by atomic mass is 35.5. The molecule has 0 aliphatic carbocycles. The van der Waals surface area contributed by atoms with Gasteiger partial charge in [0, 0.05) is 25.5 Å². The van der Waals surface area contributed by atoms with Gasteiger partial charge in [0.2, 0.25) is 10.0 Å². The third-order valence-corrected chi connectivity index (χ3v) is 7.00. The number of ether oxygens (including phenoxy) is 2. The van der Waals surface area contributed by atoms with Gasteiger partial charge in [-0.1, -0.05) is 11.6 Å². The molecule has 0 bridgehead atoms. The fourth-order valence-corrected chi connectivity index (χ4v) is 5.31. The molecule has 0 N–H and O–H groups in total. The first-order valence-electron chi connectivity index (χ1n) is 9.78. The van der Waals surface area contributed by atoms with Crippen LogP contribution >= 0.6 is 11.6 Å². The molecular formula is C21H22ClN3O5S. The fourth-order valence-electron chi connectivity index (χ4n) is 3.55. The topological polar surface area (TPSA) is 90.2 Å². The van der Waals surface area contributed by atoms with Crippen LogP contribution in [0.5, 0.6) is 0 Å². The first-order chi connectivity index (χ1) is 14.7. The molecule has 10 heteroatoms. The number of pyridine rings is 1. The summed E-state index contributed by atoms with van der Waals surface area (Å²) in [7, 11) is -3.67. The Hall–Kier alpha value is -2.46. The summed E-state index contributed by atoms with van der Waals surface area (Å²) in [5.74, 6) is -0.562. The van der Waals surface area contributed by atoms with Crippen LogP contribution in [0.4, 0.5) is 0 Å². The van der Waals surface area contributed by atoms with E-state index < -0.39 is 16.0 Å². The zero-order valence-electron chi connectivity index (χ0n) is 17.1. The third kappa shape index (κ3) is 4.74. The van der Waals surface area contributed by atoms with Crippen molar-refractivity contribution in [3.8, 4) is 0 Å². The smallest absolute Gasteiger partial charge is 0.338 e. The molecule has 0 amide bonds. The minimum absolute atomic E-state index is 0.0122. The number of esters is 1. The van der Waals surface area contributed by atoms with Gasteiger partial charge in [0.05, 0.1) is 33.4 Å². The number of aromatic nitrogens is 2. The van der Waals surface area contributed by atoms with E-state index in [-0.39, 0.29) is 29.3 Å². The number of halogens is 1. The van der Waals surface area contributed by atoms with E-state index in [1.807, 2.05) is 13.8 Å². The Balaban J connectivity index is 1.42. The molecule has 0 unspecified atom stereocenters. The van der Waals surface area contributed by atoms with Crippen molar-refractivity contribution in [2.75, 3.05) is 13.1 Å². The van der Waals surface area contributed by atoms with E-state index in [0.29, 0.717) is 29.5 Å². The molecule has 1 saturated heterocycles. The predicted molar refractivity (Wildman–Crippen MR) is 115 cm³/mol.